The lowest BCUT2D eigenvalue weighted by Crippen LogP contribution is -2.32. The van der Waals surface area contributed by atoms with Crippen LogP contribution in [0.3, 0.4) is 0 Å². The second-order valence-corrected chi connectivity index (χ2v) is 4.56. The average molecular weight is 212 g/mol. The number of carbonyl (C=O) groups excluding carboxylic acids is 1. The van der Waals surface area contributed by atoms with Gasteiger partial charge in [-0.05, 0) is 25.7 Å². The molecule has 2 rings (SSSR count). The SMILES string of the molecule is N[C@@H]1CCN(C(=O)CCC2CCCO2)C1. The zero-order chi connectivity index (χ0) is 10.7. The van der Waals surface area contributed by atoms with Crippen molar-refractivity contribution in [2.45, 2.75) is 44.2 Å². The van der Waals surface area contributed by atoms with Crippen LogP contribution in [0.4, 0.5) is 0 Å². The minimum absolute atomic E-state index is 0.191. The van der Waals surface area contributed by atoms with E-state index in [4.69, 9.17) is 10.5 Å². The largest absolute Gasteiger partial charge is 0.378 e. The monoisotopic (exact) mass is 212 g/mol. The summed E-state index contributed by atoms with van der Waals surface area (Å²) in [5.74, 6) is 0.249. The Morgan fingerprint density at radius 3 is 2.93 bits per heavy atom. The summed E-state index contributed by atoms with van der Waals surface area (Å²) >= 11 is 0. The fourth-order valence-corrected chi connectivity index (χ4v) is 2.33. The van der Waals surface area contributed by atoms with E-state index < -0.39 is 0 Å². The second-order valence-electron chi connectivity index (χ2n) is 4.56. The molecule has 0 radical (unpaired) electrons. The molecular formula is C11H20N2O2. The highest BCUT2D eigenvalue weighted by Gasteiger charge is 2.24. The number of amides is 1. The van der Waals surface area contributed by atoms with E-state index in [0.29, 0.717) is 12.5 Å². The molecule has 2 saturated heterocycles. The van der Waals surface area contributed by atoms with E-state index >= 15 is 0 Å². The molecule has 0 bridgehead atoms. The van der Waals surface area contributed by atoms with E-state index in [1.54, 1.807) is 0 Å². The first-order chi connectivity index (χ1) is 7.25. The zero-order valence-corrected chi connectivity index (χ0v) is 9.15. The van der Waals surface area contributed by atoms with E-state index in [1.165, 1.54) is 0 Å². The quantitative estimate of drug-likeness (QED) is 0.741. The highest BCUT2D eigenvalue weighted by molar-refractivity contribution is 5.76. The van der Waals surface area contributed by atoms with Crippen molar-refractivity contribution in [3.05, 3.63) is 0 Å². The fourth-order valence-electron chi connectivity index (χ4n) is 2.33. The van der Waals surface area contributed by atoms with E-state index in [2.05, 4.69) is 0 Å². The van der Waals surface area contributed by atoms with Crippen molar-refractivity contribution in [2.24, 2.45) is 5.73 Å². The Bertz CT molecular complexity index is 227. The van der Waals surface area contributed by atoms with Gasteiger partial charge in [0.2, 0.25) is 5.91 Å². The summed E-state index contributed by atoms with van der Waals surface area (Å²) in [5, 5.41) is 0. The highest BCUT2D eigenvalue weighted by atomic mass is 16.5. The molecule has 86 valence electrons. The third-order valence-electron chi connectivity index (χ3n) is 3.28. The molecule has 0 aromatic carbocycles. The van der Waals surface area contributed by atoms with Crippen LogP contribution in [0.5, 0.6) is 0 Å². The van der Waals surface area contributed by atoms with Crippen LogP contribution in [0.25, 0.3) is 0 Å². The number of nitrogens with zero attached hydrogens (tertiary/aromatic N) is 1. The summed E-state index contributed by atoms with van der Waals surface area (Å²) in [7, 11) is 0. The number of rotatable bonds is 3. The molecule has 2 atom stereocenters. The summed E-state index contributed by atoms with van der Waals surface area (Å²) in [6, 6.07) is 0.191. The second kappa shape index (κ2) is 4.94. The van der Waals surface area contributed by atoms with Crippen molar-refractivity contribution in [3.63, 3.8) is 0 Å². The van der Waals surface area contributed by atoms with Gasteiger partial charge < -0.3 is 15.4 Å². The molecular weight excluding hydrogens is 192 g/mol. The maximum atomic E-state index is 11.8. The predicted molar refractivity (Wildman–Crippen MR) is 57.4 cm³/mol. The summed E-state index contributed by atoms with van der Waals surface area (Å²) in [6.45, 7) is 2.45. The highest BCUT2D eigenvalue weighted by Crippen LogP contribution is 2.18. The Kier molecular flexibility index (Phi) is 3.59. The van der Waals surface area contributed by atoms with Crippen LogP contribution in [0.1, 0.15) is 32.1 Å². The van der Waals surface area contributed by atoms with Gasteiger partial charge in [-0.25, -0.2) is 0 Å². The number of carbonyl (C=O) groups is 1. The molecule has 2 N–H and O–H groups in total. The lowest BCUT2D eigenvalue weighted by molar-refractivity contribution is -0.130. The normalized spacial score (nSPS) is 31.1. The zero-order valence-electron chi connectivity index (χ0n) is 9.15. The third-order valence-corrected chi connectivity index (χ3v) is 3.28. The molecule has 2 aliphatic heterocycles. The Morgan fingerprint density at radius 1 is 1.47 bits per heavy atom. The van der Waals surface area contributed by atoms with Crippen LogP contribution >= 0.6 is 0 Å². The first-order valence-electron chi connectivity index (χ1n) is 5.90. The van der Waals surface area contributed by atoms with Crippen LogP contribution < -0.4 is 5.73 Å². The van der Waals surface area contributed by atoms with Crippen LogP contribution in [0.2, 0.25) is 0 Å². The van der Waals surface area contributed by atoms with Gasteiger partial charge in [-0.15, -0.1) is 0 Å². The number of ether oxygens (including phenoxy) is 1. The number of likely N-dealkylation sites (tertiary alicyclic amines) is 1. The van der Waals surface area contributed by atoms with E-state index in [0.717, 1.165) is 45.4 Å². The van der Waals surface area contributed by atoms with Crippen molar-refractivity contribution < 1.29 is 9.53 Å². The average Bonchev–Trinajstić information content (AvgIpc) is 2.84. The van der Waals surface area contributed by atoms with E-state index in [1.807, 2.05) is 4.90 Å². The van der Waals surface area contributed by atoms with Crippen LogP contribution in [0.15, 0.2) is 0 Å². The number of hydrogen-bond acceptors (Lipinski definition) is 3. The van der Waals surface area contributed by atoms with Gasteiger partial charge in [-0.3, -0.25) is 4.79 Å². The van der Waals surface area contributed by atoms with Crippen molar-refractivity contribution in [1.29, 1.82) is 0 Å². The molecule has 15 heavy (non-hydrogen) atoms. The minimum atomic E-state index is 0.191. The van der Waals surface area contributed by atoms with Gasteiger partial charge in [0.05, 0.1) is 6.10 Å². The minimum Gasteiger partial charge on any atom is -0.378 e. The standard InChI is InChI=1S/C11H20N2O2/c12-9-5-6-13(8-9)11(14)4-3-10-2-1-7-15-10/h9-10H,1-8,12H2/t9-,10?/m1/s1. The molecule has 0 aliphatic carbocycles. The molecule has 2 heterocycles. The van der Waals surface area contributed by atoms with Crippen molar-refractivity contribution >= 4 is 5.91 Å². The van der Waals surface area contributed by atoms with Gasteiger partial charge in [0.25, 0.3) is 0 Å². The van der Waals surface area contributed by atoms with E-state index in [-0.39, 0.29) is 11.9 Å². The lowest BCUT2D eigenvalue weighted by atomic mass is 10.1. The maximum Gasteiger partial charge on any atom is 0.222 e. The molecule has 0 aromatic heterocycles. The van der Waals surface area contributed by atoms with Crippen molar-refractivity contribution in [3.8, 4) is 0 Å². The number of nitrogens with two attached hydrogens (primary N) is 1. The summed E-state index contributed by atoms with van der Waals surface area (Å²) in [4.78, 5) is 13.7. The molecule has 4 nitrogen and oxygen atoms in total. The Labute approximate surface area is 90.8 Å². The van der Waals surface area contributed by atoms with Gasteiger partial charge in [-0.1, -0.05) is 0 Å². The Morgan fingerprint density at radius 2 is 2.33 bits per heavy atom. The predicted octanol–water partition coefficient (Wildman–Crippen LogP) is 0.505. The molecule has 0 spiro atoms. The Balaban J connectivity index is 1.67. The first kappa shape index (κ1) is 10.9. The summed E-state index contributed by atoms with van der Waals surface area (Å²) in [6.07, 6.45) is 5.04. The Hall–Kier alpha value is -0.610. The van der Waals surface area contributed by atoms with Crippen molar-refractivity contribution in [1.82, 2.24) is 4.90 Å². The number of hydrogen-bond donors (Lipinski definition) is 1. The van der Waals surface area contributed by atoms with Gasteiger partial charge in [0.15, 0.2) is 0 Å². The summed E-state index contributed by atoms with van der Waals surface area (Å²) in [5.41, 5.74) is 5.76. The molecule has 1 amide bonds. The molecule has 1 unspecified atom stereocenters. The molecule has 0 saturated carbocycles. The summed E-state index contributed by atoms with van der Waals surface area (Å²) < 4.78 is 5.49. The van der Waals surface area contributed by atoms with Crippen LogP contribution in [-0.2, 0) is 9.53 Å². The maximum absolute atomic E-state index is 11.8. The van der Waals surface area contributed by atoms with Crippen LogP contribution in [0, 0.1) is 0 Å². The first-order valence-corrected chi connectivity index (χ1v) is 5.90. The van der Waals surface area contributed by atoms with Gasteiger partial charge in [0, 0.05) is 32.2 Å². The van der Waals surface area contributed by atoms with Gasteiger partial charge in [-0.2, -0.15) is 0 Å². The van der Waals surface area contributed by atoms with Gasteiger partial charge in [0.1, 0.15) is 0 Å². The third kappa shape index (κ3) is 2.92. The topological polar surface area (TPSA) is 55.6 Å². The van der Waals surface area contributed by atoms with Crippen molar-refractivity contribution in [2.75, 3.05) is 19.7 Å². The van der Waals surface area contributed by atoms with Crippen LogP contribution in [-0.4, -0.2) is 42.6 Å². The fraction of sp³-hybridized carbons (Fsp3) is 0.909. The smallest absolute Gasteiger partial charge is 0.222 e. The molecule has 2 fully saturated rings. The molecule has 4 heteroatoms. The molecule has 0 aromatic rings. The lowest BCUT2D eigenvalue weighted by Gasteiger charge is -2.16. The van der Waals surface area contributed by atoms with E-state index in [9.17, 15) is 4.79 Å². The molecule has 2 aliphatic rings. The van der Waals surface area contributed by atoms with Gasteiger partial charge >= 0.3 is 0 Å².